The van der Waals surface area contributed by atoms with Crippen molar-refractivity contribution in [3.63, 3.8) is 0 Å². The van der Waals surface area contributed by atoms with E-state index >= 15 is 0 Å². The van der Waals surface area contributed by atoms with Crippen LogP contribution in [0.1, 0.15) is 11.1 Å². The van der Waals surface area contributed by atoms with E-state index in [0.29, 0.717) is 23.8 Å². The summed E-state index contributed by atoms with van der Waals surface area (Å²) >= 11 is 0. The van der Waals surface area contributed by atoms with Gasteiger partial charge in [0.2, 0.25) is 5.75 Å². The molecule has 0 atom stereocenters. The van der Waals surface area contributed by atoms with Gasteiger partial charge < -0.3 is 24.8 Å². The third-order valence-electron chi connectivity index (χ3n) is 6.57. The minimum atomic E-state index is 0.562. The van der Waals surface area contributed by atoms with Crippen molar-refractivity contribution in [2.75, 3.05) is 52.8 Å². The molecule has 0 spiro atoms. The highest BCUT2D eigenvalue weighted by atomic mass is 16.5. The summed E-state index contributed by atoms with van der Waals surface area (Å²) < 4.78 is 18.7. The first kappa shape index (κ1) is 24.0. The van der Waals surface area contributed by atoms with Crippen LogP contribution in [0.2, 0.25) is 0 Å². The molecule has 36 heavy (non-hydrogen) atoms. The Morgan fingerprint density at radius 3 is 2.31 bits per heavy atom. The van der Waals surface area contributed by atoms with Crippen LogP contribution in [-0.2, 0) is 13.1 Å². The van der Waals surface area contributed by atoms with Gasteiger partial charge in [0.05, 0.1) is 21.3 Å². The largest absolute Gasteiger partial charge is 0.493 e. The Morgan fingerprint density at radius 2 is 1.64 bits per heavy atom. The maximum atomic E-state index is 5.55. The Bertz CT molecular complexity index is 1290. The molecule has 1 aliphatic heterocycles. The van der Waals surface area contributed by atoms with Gasteiger partial charge in [-0.25, -0.2) is 4.98 Å². The van der Waals surface area contributed by atoms with Gasteiger partial charge in [0.25, 0.3) is 0 Å². The van der Waals surface area contributed by atoms with Gasteiger partial charge in [-0.05, 0) is 23.8 Å². The SMILES string of the molecule is COc1cc(CNc2c(-c3ccccc3)nc3c(CN4CCNCC4)cccn23)cc(OC)c1OC. The number of pyridine rings is 1. The number of piperazine rings is 1. The van der Waals surface area contributed by atoms with Crippen LogP contribution in [0.4, 0.5) is 5.82 Å². The fourth-order valence-electron chi connectivity index (χ4n) is 4.75. The van der Waals surface area contributed by atoms with Crippen molar-refractivity contribution in [1.82, 2.24) is 19.6 Å². The standard InChI is InChI=1S/C28H33N5O3/c1-34-23-16-20(17-24(35-2)26(23)36-3)18-30-28-25(21-8-5-4-6-9-21)31-27-22(10-7-13-33(27)28)19-32-14-11-29-12-15-32/h4-10,13,16-17,29-30H,11-12,14-15,18-19H2,1-3H3. The zero-order valence-corrected chi connectivity index (χ0v) is 21.1. The molecule has 0 aliphatic carbocycles. The smallest absolute Gasteiger partial charge is 0.203 e. The third kappa shape index (κ3) is 4.82. The molecule has 0 saturated carbocycles. The van der Waals surface area contributed by atoms with Crippen LogP contribution in [0.5, 0.6) is 17.2 Å². The molecule has 4 aromatic rings. The Balaban J connectivity index is 1.52. The van der Waals surface area contributed by atoms with Crippen LogP contribution in [0.25, 0.3) is 16.9 Å². The van der Waals surface area contributed by atoms with Crippen molar-refractivity contribution in [1.29, 1.82) is 0 Å². The molecule has 8 heteroatoms. The molecule has 1 aliphatic rings. The molecule has 188 valence electrons. The van der Waals surface area contributed by atoms with Crippen LogP contribution in [-0.4, -0.2) is 61.8 Å². The van der Waals surface area contributed by atoms with Crippen LogP contribution in [0.15, 0.2) is 60.8 Å². The van der Waals surface area contributed by atoms with Gasteiger partial charge in [-0.2, -0.15) is 0 Å². The Labute approximate surface area is 211 Å². The number of hydrogen-bond donors (Lipinski definition) is 2. The summed E-state index contributed by atoms with van der Waals surface area (Å²) in [4.78, 5) is 7.62. The van der Waals surface area contributed by atoms with Crippen LogP contribution >= 0.6 is 0 Å². The van der Waals surface area contributed by atoms with Crippen molar-refractivity contribution < 1.29 is 14.2 Å². The molecule has 3 heterocycles. The monoisotopic (exact) mass is 487 g/mol. The topological polar surface area (TPSA) is 72.3 Å². The van der Waals surface area contributed by atoms with E-state index in [1.807, 2.05) is 30.3 Å². The summed E-state index contributed by atoms with van der Waals surface area (Å²) in [7, 11) is 4.87. The molecule has 0 amide bonds. The summed E-state index contributed by atoms with van der Waals surface area (Å²) in [6.45, 7) is 5.57. The number of rotatable bonds is 9. The Hall–Kier alpha value is -3.75. The van der Waals surface area contributed by atoms with Crippen molar-refractivity contribution in [2.24, 2.45) is 0 Å². The second-order valence-electron chi connectivity index (χ2n) is 8.82. The fraction of sp³-hybridized carbons (Fsp3) is 0.321. The average molecular weight is 488 g/mol. The molecule has 0 unspecified atom stereocenters. The van der Waals surface area contributed by atoms with Crippen molar-refractivity contribution in [2.45, 2.75) is 13.1 Å². The molecular formula is C28H33N5O3. The number of anilines is 1. The number of nitrogens with zero attached hydrogens (tertiary/aromatic N) is 3. The predicted octanol–water partition coefficient (Wildman–Crippen LogP) is 4.04. The van der Waals surface area contributed by atoms with Gasteiger partial charge in [-0.1, -0.05) is 36.4 Å². The summed E-state index contributed by atoms with van der Waals surface area (Å²) in [5, 5.41) is 7.08. The second-order valence-corrected chi connectivity index (χ2v) is 8.82. The first-order chi connectivity index (χ1) is 17.7. The lowest BCUT2D eigenvalue weighted by atomic mass is 10.1. The average Bonchev–Trinajstić information content (AvgIpc) is 3.31. The van der Waals surface area contributed by atoms with Crippen molar-refractivity contribution in [3.05, 3.63) is 71.9 Å². The highest BCUT2D eigenvalue weighted by molar-refractivity contribution is 5.77. The summed E-state index contributed by atoms with van der Waals surface area (Å²) in [5.41, 5.74) is 5.20. The first-order valence-electron chi connectivity index (χ1n) is 12.2. The van der Waals surface area contributed by atoms with Crippen LogP contribution in [0, 0.1) is 0 Å². The fourth-order valence-corrected chi connectivity index (χ4v) is 4.75. The summed E-state index contributed by atoms with van der Waals surface area (Å²) in [5.74, 6) is 2.80. The van der Waals surface area contributed by atoms with Crippen molar-refractivity contribution >= 4 is 11.5 Å². The van der Waals surface area contributed by atoms with E-state index in [1.165, 1.54) is 5.56 Å². The van der Waals surface area contributed by atoms with Crippen LogP contribution < -0.4 is 24.8 Å². The van der Waals surface area contributed by atoms with Crippen molar-refractivity contribution in [3.8, 4) is 28.5 Å². The molecule has 0 radical (unpaired) electrons. The third-order valence-corrected chi connectivity index (χ3v) is 6.57. The predicted molar refractivity (Wildman–Crippen MR) is 142 cm³/mol. The normalized spacial score (nSPS) is 14.1. The highest BCUT2D eigenvalue weighted by Crippen LogP contribution is 2.38. The maximum absolute atomic E-state index is 5.55. The lowest BCUT2D eigenvalue weighted by Crippen LogP contribution is -2.42. The van der Waals surface area contributed by atoms with Crippen LogP contribution in [0.3, 0.4) is 0 Å². The molecule has 2 aromatic heterocycles. The van der Waals surface area contributed by atoms with Gasteiger partial charge in [-0.15, -0.1) is 0 Å². The Kier molecular flexibility index (Phi) is 7.25. The molecule has 5 rings (SSSR count). The first-order valence-corrected chi connectivity index (χ1v) is 12.2. The Morgan fingerprint density at radius 1 is 0.917 bits per heavy atom. The van der Waals surface area contributed by atoms with E-state index < -0.39 is 0 Å². The molecule has 2 N–H and O–H groups in total. The van der Waals surface area contributed by atoms with E-state index in [4.69, 9.17) is 19.2 Å². The summed E-state index contributed by atoms with van der Waals surface area (Å²) in [6, 6.07) is 18.5. The summed E-state index contributed by atoms with van der Waals surface area (Å²) in [6.07, 6.45) is 2.08. The van der Waals surface area contributed by atoms with E-state index in [2.05, 4.69) is 50.4 Å². The number of aromatic nitrogens is 2. The number of hydrogen-bond acceptors (Lipinski definition) is 7. The number of methoxy groups -OCH3 is 3. The molecule has 1 fully saturated rings. The van der Waals surface area contributed by atoms with E-state index in [9.17, 15) is 0 Å². The lowest BCUT2D eigenvalue weighted by molar-refractivity contribution is 0.233. The van der Waals surface area contributed by atoms with Gasteiger partial charge >= 0.3 is 0 Å². The maximum Gasteiger partial charge on any atom is 0.203 e. The van der Waals surface area contributed by atoms with Gasteiger partial charge in [0.15, 0.2) is 11.5 Å². The quantitative estimate of drug-likeness (QED) is 0.369. The van der Waals surface area contributed by atoms with Gasteiger partial charge in [-0.3, -0.25) is 9.30 Å². The molecule has 1 saturated heterocycles. The minimum absolute atomic E-state index is 0.562. The molecule has 2 aromatic carbocycles. The number of fused-ring (bicyclic) bond motifs is 1. The molecule has 8 nitrogen and oxygen atoms in total. The zero-order valence-electron chi connectivity index (χ0n) is 21.1. The van der Waals surface area contributed by atoms with Gasteiger partial charge in [0, 0.05) is 56.6 Å². The minimum Gasteiger partial charge on any atom is -0.493 e. The van der Waals surface area contributed by atoms with E-state index in [1.54, 1.807) is 21.3 Å². The zero-order chi connectivity index (χ0) is 24.9. The number of nitrogens with one attached hydrogen (secondary N) is 2. The van der Waals surface area contributed by atoms with Gasteiger partial charge in [0.1, 0.15) is 17.2 Å². The lowest BCUT2D eigenvalue weighted by Gasteiger charge is -2.27. The van der Waals surface area contributed by atoms with E-state index in [-0.39, 0.29) is 0 Å². The number of ether oxygens (including phenoxy) is 3. The van der Waals surface area contributed by atoms with E-state index in [0.717, 1.165) is 61.0 Å². The highest BCUT2D eigenvalue weighted by Gasteiger charge is 2.19. The number of imidazole rings is 1. The molecular weight excluding hydrogens is 454 g/mol. The second kappa shape index (κ2) is 10.9. The molecule has 0 bridgehead atoms. The number of benzene rings is 2.